The number of hydrazone groups is 1. The van der Waals surface area contributed by atoms with E-state index in [9.17, 15) is 20.0 Å². The van der Waals surface area contributed by atoms with Crippen molar-refractivity contribution in [3.63, 3.8) is 0 Å². The molecule has 2 unspecified atom stereocenters. The lowest BCUT2D eigenvalue weighted by Crippen LogP contribution is -2.41. The number of nitrogens with zero attached hydrogens (tertiary/aromatic N) is 2. The van der Waals surface area contributed by atoms with Gasteiger partial charge < -0.3 is 5.11 Å². The molecule has 3 rings (SSSR count). The number of carbonyl (C=O) groups is 1. The number of amides is 1. The van der Waals surface area contributed by atoms with Crippen molar-refractivity contribution in [2.45, 2.75) is 25.4 Å². The van der Waals surface area contributed by atoms with Crippen molar-refractivity contribution in [2.75, 3.05) is 0 Å². The molecule has 0 saturated carbocycles. The van der Waals surface area contributed by atoms with E-state index < -0.39 is 11.0 Å². The Balaban J connectivity index is 1.62. The summed E-state index contributed by atoms with van der Waals surface area (Å²) < 4.78 is 0. The molecule has 27 heavy (non-hydrogen) atoms. The second-order valence-electron chi connectivity index (χ2n) is 6.17. The van der Waals surface area contributed by atoms with Crippen LogP contribution in [0.3, 0.4) is 0 Å². The zero-order chi connectivity index (χ0) is 19.4. The van der Waals surface area contributed by atoms with E-state index in [2.05, 4.69) is 21.4 Å². The predicted octanol–water partition coefficient (Wildman–Crippen LogP) is 1.75. The Morgan fingerprint density at radius 3 is 2.78 bits per heavy atom. The van der Waals surface area contributed by atoms with Crippen LogP contribution in [0, 0.1) is 10.1 Å². The smallest absolute Gasteiger partial charge is 0.269 e. The van der Waals surface area contributed by atoms with Crippen LogP contribution in [0.15, 0.2) is 53.6 Å². The number of hydrogen-bond acceptors (Lipinski definition) is 7. The van der Waals surface area contributed by atoms with Crippen molar-refractivity contribution >= 4 is 17.3 Å². The van der Waals surface area contributed by atoms with Crippen molar-refractivity contribution < 1.29 is 14.8 Å². The summed E-state index contributed by atoms with van der Waals surface area (Å²) in [6.45, 7) is 1.68. The molecular formula is C18H19N5O4. The van der Waals surface area contributed by atoms with E-state index in [-0.39, 0.29) is 23.4 Å². The summed E-state index contributed by atoms with van der Waals surface area (Å²) in [5, 5.41) is 24.8. The standard InChI is InChI=1S/C18H19N5O4/c1-11(14-7-2-3-8-17(14)24)19-22-18(25)16-10-15(20-21-16)12-5-4-6-13(9-12)23(26)27/h2-9,15-16,20-21,24H,10H2,1H3,(H,22,25)/b19-11+. The largest absolute Gasteiger partial charge is 0.507 e. The van der Waals surface area contributed by atoms with Crippen LogP contribution in [0.5, 0.6) is 5.75 Å². The number of nitro groups is 1. The third-order valence-electron chi connectivity index (χ3n) is 4.33. The molecule has 0 bridgehead atoms. The number of hydrazine groups is 1. The number of benzene rings is 2. The van der Waals surface area contributed by atoms with Crippen LogP contribution in [0.2, 0.25) is 0 Å². The number of para-hydroxylation sites is 1. The maximum atomic E-state index is 12.3. The molecule has 1 heterocycles. The number of non-ortho nitro benzene ring substituents is 1. The minimum Gasteiger partial charge on any atom is -0.507 e. The zero-order valence-corrected chi connectivity index (χ0v) is 14.5. The summed E-state index contributed by atoms with van der Waals surface area (Å²) in [5.74, 6) is -0.260. The van der Waals surface area contributed by atoms with Crippen molar-refractivity contribution in [3.05, 3.63) is 69.8 Å². The first-order chi connectivity index (χ1) is 13.0. The first kappa shape index (κ1) is 18.5. The van der Waals surface area contributed by atoms with Gasteiger partial charge in [-0.25, -0.2) is 16.3 Å². The highest BCUT2D eigenvalue weighted by Gasteiger charge is 2.30. The maximum Gasteiger partial charge on any atom is 0.269 e. The van der Waals surface area contributed by atoms with Crippen LogP contribution in [0.4, 0.5) is 5.69 Å². The Labute approximate surface area is 155 Å². The van der Waals surface area contributed by atoms with Gasteiger partial charge in [0.05, 0.1) is 10.6 Å². The highest BCUT2D eigenvalue weighted by Crippen LogP contribution is 2.25. The van der Waals surface area contributed by atoms with Gasteiger partial charge in [0.2, 0.25) is 0 Å². The van der Waals surface area contributed by atoms with Gasteiger partial charge in [-0.2, -0.15) is 5.10 Å². The van der Waals surface area contributed by atoms with Gasteiger partial charge >= 0.3 is 0 Å². The van der Waals surface area contributed by atoms with Gasteiger partial charge in [-0.1, -0.05) is 24.3 Å². The van der Waals surface area contributed by atoms with Gasteiger partial charge in [-0.15, -0.1) is 0 Å². The summed E-state index contributed by atoms with van der Waals surface area (Å²) in [6.07, 6.45) is 0.415. The lowest BCUT2D eigenvalue weighted by Gasteiger charge is -2.09. The molecule has 4 N–H and O–H groups in total. The summed E-state index contributed by atoms with van der Waals surface area (Å²) >= 11 is 0. The summed E-state index contributed by atoms with van der Waals surface area (Å²) in [6, 6.07) is 12.2. The van der Waals surface area contributed by atoms with Gasteiger partial charge in [-0.3, -0.25) is 14.9 Å². The number of rotatable bonds is 5. The predicted molar refractivity (Wildman–Crippen MR) is 99.0 cm³/mol. The molecule has 140 valence electrons. The van der Waals surface area contributed by atoms with Gasteiger partial charge in [-0.05, 0) is 31.0 Å². The van der Waals surface area contributed by atoms with Gasteiger partial charge in [0.15, 0.2) is 0 Å². The highest BCUT2D eigenvalue weighted by molar-refractivity contribution is 6.01. The molecule has 1 amide bonds. The minimum atomic E-state index is -0.546. The number of phenols is 1. The Bertz CT molecular complexity index is 899. The topological polar surface area (TPSA) is 129 Å². The van der Waals surface area contributed by atoms with E-state index in [1.54, 1.807) is 43.3 Å². The van der Waals surface area contributed by atoms with E-state index in [0.717, 1.165) is 5.56 Å². The molecule has 2 atom stereocenters. The number of phenolic OH excluding ortho intramolecular Hbond substituents is 1. The monoisotopic (exact) mass is 369 g/mol. The molecule has 0 aromatic heterocycles. The number of carbonyl (C=O) groups excluding carboxylic acids is 1. The lowest BCUT2D eigenvalue weighted by molar-refractivity contribution is -0.384. The summed E-state index contributed by atoms with van der Waals surface area (Å²) in [5.41, 5.74) is 10.1. The molecule has 0 spiro atoms. The van der Waals surface area contributed by atoms with Crippen LogP contribution < -0.4 is 16.3 Å². The SMILES string of the molecule is C/C(=N\NC(=O)C1CC(c2cccc([N+](=O)[O-])c2)NN1)c1ccccc1O. The molecule has 0 radical (unpaired) electrons. The fraction of sp³-hybridized carbons (Fsp3) is 0.222. The molecule has 1 aliphatic rings. The molecule has 1 fully saturated rings. The second-order valence-corrected chi connectivity index (χ2v) is 6.17. The number of hydrogen-bond donors (Lipinski definition) is 4. The van der Waals surface area contributed by atoms with E-state index in [0.29, 0.717) is 17.7 Å². The van der Waals surface area contributed by atoms with Crippen LogP contribution in [0.25, 0.3) is 0 Å². The van der Waals surface area contributed by atoms with E-state index in [4.69, 9.17) is 0 Å². The van der Waals surface area contributed by atoms with Gasteiger partial charge in [0, 0.05) is 23.7 Å². The van der Waals surface area contributed by atoms with E-state index in [1.807, 2.05) is 0 Å². The number of aromatic hydroxyl groups is 1. The van der Waals surface area contributed by atoms with Crippen LogP contribution in [-0.2, 0) is 4.79 Å². The molecule has 0 aliphatic carbocycles. The zero-order valence-electron chi connectivity index (χ0n) is 14.5. The molecule has 1 aliphatic heterocycles. The van der Waals surface area contributed by atoms with Crippen molar-refractivity contribution in [3.8, 4) is 5.75 Å². The minimum absolute atomic E-state index is 0.00472. The summed E-state index contributed by atoms with van der Waals surface area (Å²) in [4.78, 5) is 22.8. The first-order valence-corrected chi connectivity index (χ1v) is 8.33. The van der Waals surface area contributed by atoms with E-state index in [1.165, 1.54) is 12.1 Å². The van der Waals surface area contributed by atoms with Crippen LogP contribution in [0.1, 0.15) is 30.5 Å². The Hall–Kier alpha value is -3.30. The molecule has 2 aromatic carbocycles. The molecule has 1 saturated heterocycles. The average Bonchev–Trinajstić information content (AvgIpc) is 3.16. The quantitative estimate of drug-likeness (QED) is 0.361. The van der Waals surface area contributed by atoms with E-state index >= 15 is 0 Å². The molecule has 9 nitrogen and oxygen atoms in total. The molecule has 2 aromatic rings. The lowest BCUT2D eigenvalue weighted by atomic mass is 10.0. The van der Waals surface area contributed by atoms with Gasteiger partial charge in [0.1, 0.15) is 11.8 Å². The molecular weight excluding hydrogens is 350 g/mol. The number of nitro benzene ring substituents is 1. The van der Waals surface area contributed by atoms with Gasteiger partial charge in [0.25, 0.3) is 11.6 Å². The van der Waals surface area contributed by atoms with Crippen LogP contribution >= 0.6 is 0 Å². The average molecular weight is 369 g/mol. The fourth-order valence-corrected chi connectivity index (χ4v) is 2.86. The van der Waals surface area contributed by atoms with Crippen LogP contribution in [-0.4, -0.2) is 27.7 Å². The normalized spacial score (nSPS) is 19.7. The second kappa shape index (κ2) is 7.94. The highest BCUT2D eigenvalue weighted by atomic mass is 16.6. The fourth-order valence-electron chi connectivity index (χ4n) is 2.86. The summed E-state index contributed by atoms with van der Waals surface area (Å²) in [7, 11) is 0. The maximum absolute atomic E-state index is 12.3. The van der Waals surface area contributed by atoms with Crippen molar-refractivity contribution in [2.24, 2.45) is 5.10 Å². The van der Waals surface area contributed by atoms with Crippen molar-refractivity contribution in [1.29, 1.82) is 0 Å². The number of nitrogens with one attached hydrogen (secondary N) is 3. The molecule has 9 heteroatoms. The Kier molecular flexibility index (Phi) is 5.43. The van der Waals surface area contributed by atoms with Crippen molar-refractivity contribution in [1.82, 2.24) is 16.3 Å². The third kappa shape index (κ3) is 4.27. The third-order valence-corrected chi connectivity index (χ3v) is 4.33. The first-order valence-electron chi connectivity index (χ1n) is 8.33. The Morgan fingerprint density at radius 1 is 1.26 bits per heavy atom. The Morgan fingerprint density at radius 2 is 2.04 bits per heavy atom.